The maximum Gasteiger partial charge on any atom is 0.222 e. The number of piperidine rings is 1. The average Bonchev–Trinajstić information content (AvgIpc) is 3.31. The van der Waals surface area contributed by atoms with E-state index in [1.54, 1.807) is 12.5 Å². The SMILES string of the molecule is CCC(=O)N1CCC[C@@H](n2ncc3c(Nc4ccc(Oc5ccccc5)cc4)ncnc32)C1. The van der Waals surface area contributed by atoms with Gasteiger partial charge >= 0.3 is 0 Å². The Balaban J connectivity index is 1.33. The van der Waals surface area contributed by atoms with Crippen LogP contribution in [0.4, 0.5) is 11.5 Å². The van der Waals surface area contributed by atoms with Gasteiger partial charge in [-0.05, 0) is 49.2 Å². The zero-order valence-corrected chi connectivity index (χ0v) is 18.5. The van der Waals surface area contributed by atoms with E-state index < -0.39 is 0 Å². The number of carbonyl (C=O) groups is 1. The van der Waals surface area contributed by atoms with Crippen molar-refractivity contribution in [1.82, 2.24) is 24.6 Å². The molecule has 33 heavy (non-hydrogen) atoms. The molecule has 4 aromatic rings. The zero-order valence-electron chi connectivity index (χ0n) is 18.5. The van der Waals surface area contributed by atoms with Gasteiger partial charge in [-0.25, -0.2) is 14.6 Å². The van der Waals surface area contributed by atoms with E-state index in [4.69, 9.17) is 4.74 Å². The number of amides is 1. The molecule has 1 atom stereocenters. The zero-order chi connectivity index (χ0) is 22.6. The van der Waals surface area contributed by atoms with Crippen molar-refractivity contribution in [3.05, 3.63) is 67.1 Å². The monoisotopic (exact) mass is 442 g/mol. The van der Waals surface area contributed by atoms with Crippen LogP contribution in [0.15, 0.2) is 67.1 Å². The molecule has 0 spiro atoms. The second-order valence-electron chi connectivity index (χ2n) is 8.10. The topological polar surface area (TPSA) is 85.2 Å². The lowest BCUT2D eigenvalue weighted by molar-refractivity contribution is -0.132. The number of rotatable bonds is 6. The molecule has 2 aromatic carbocycles. The smallest absolute Gasteiger partial charge is 0.222 e. The summed E-state index contributed by atoms with van der Waals surface area (Å²) in [5.41, 5.74) is 1.66. The van der Waals surface area contributed by atoms with Gasteiger partial charge < -0.3 is 15.0 Å². The van der Waals surface area contributed by atoms with Gasteiger partial charge in [0, 0.05) is 25.2 Å². The minimum absolute atomic E-state index is 0.115. The molecule has 1 aliphatic heterocycles. The van der Waals surface area contributed by atoms with Crippen molar-refractivity contribution in [3.63, 3.8) is 0 Å². The molecular formula is C25H26N6O2. The summed E-state index contributed by atoms with van der Waals surface area (Å²) >= 11 is 0. The average molecular weight is 443 g/mol. The number of nitrogens with zero attached hydrogens (tertiary/aromatic N) is 5. The normalized spacial score (nSPS) is 16.0. The van der Waals surface area contributed by atoms with Crippen LogP contribution < -0.4 is 10.1 Å². The Morgan fingerprint density at radius 1 is 1.09 bits per heavy atom. The molecule has 0 radical (unpaired) electrons. The molecule has 8 heteroatoms. The van der Waals surface area contributed by atoms with Gasteiger partial charge in [-0.3, -0.25) is 4.79 Å². The lowest BCUT2D eigenvalue weighted by atomic mass is 10.1. The number of carbonyl (C=O) groups excluding carboxylic acids is 1. The Bertz CT molecular complexity index is 1240. The lowest BCUT2D eigenvalue weighted by Crippen LogP contribution is -2.40. The van der Waals surface area contributed by atoms with Crippen LogP contribution in [-0.2, 0) is 4.79 Å². The highest BCUT2D eigenvalue weighted by atomic mass is 16.5. The number of fused-ring (bicyclic) bond motifs is 1. The Kier molecular flexibility index (Phi) is 5.89. The quantitative estimate of drug-likeness (QED) is 0.455. The van der Waals surface area contributed by atoms with Crippen molar-refractivity contribution in [2.24, 2.45) is 0 Å². The molecule has 0 unspecified atom stereocenters. The first kappa shape index (κ1) is 20.9. The fourth-order valence-electron chi connectivity index (χ4n) is 4.20. The molecule has 1 amide bonds. The number of likely N-dealkylation sites (tertiary alicyclic amines) is 1. The molecule has 8 nitrogen and oxygen atoms in total. The van der Waals surface area contributed by atoms with Crippen LogP contribution in [0.25, 0.3) is 11.0 Å². The molecule has 2 aromatic heterocycles. The maximum atomic E-state index is 12.2. The van der Waals surface area contributed by atoms with Crippen molar-refractivity contribution in [2.45, 2.75) is 32.2 Å². The Labute approximate surface area is 192 Å². The number of hydrogen-bond acceptors (Lipinski definition) is 6. The first-order chi connectivity index (χ1) is 16.2. The highest BCUT2D eigenvalue weighted by Crippen LogP contribution is 2.29. The van der Waals surface area contributed by atoms with Gasteiger partial charge in [0.25, 0.3) is 0 Å². The van der Waals surface area contributed by atoms with Crippen molar-refractivity contribution in [1.29, 1.82) is 0 Å². The number of aromatic nitrogens is 4. The lowest BCUT2D eigenvalue weighted by Gasteiger charge is -2.32. The third-order valence-electron chi connectivity index (χ3n) is 5.88. The number of hydrogen-bond donors (Lipinski definition) is 1. The molecule has 5 rings (SSSR count). The van der Waals surface area contributed by atoms with E-state index in [1.807, 2.05) is 71.1 Å². The van der Waals surface area contributed by atoms with Crippen molar-refractivity contribution in [3.8, 4) is 11.5 Å². The summed E-state index contributed by atoms with van der Waals surface area (Å²) in [5.74, 6) is 2.44. The Hall–Kier alpha value is -3.94. The molecule has 1 fully saturated rings. The largest absolute Gasteiger partial charge is 0.457 e. The van der Waals surface area contributed by atoms with Crippen molar-refractivity contribution < 1.29 is 9.53 Å². The Morgan fingerprint density at radius 3 is 2.67 bits per heavy atom. The van der Waals surface area contributed by atoms with Crippen molar-refractivity contribution in [2.75, 3.05) is 18.4 Å². The van der Waals surface area contributed by atoms with Crippen LogP contribution in [0.1, 0.15) is 32.2 Å². The second kappa shape index (κ2) is 9.28. The van der Waals surface area contributed by atoms with Gasteiger partial charge in [0.2, 0.25) is 5.91 Å². The molecular weight excluding hydrogens is 416 g/mol. The highest BCUT2D eigenvalue weighted by molar-refractivity contribution is 5.88. The summed E-state index contributed by atoms with van der Waals surface area (Å²) in [6.07, 6.45) is 5.81. The minimum atomic E-state index is 0.115. The van der Waals surface area contributed by atoms with Gasteiger partial charge in [0.15, 0.2) is 5.65 Å². The van der Waals surface area contributed by atoms with Gasteiger partial charge in [-0.1, -0.05) is 25.1 Å². The number of anilines is 2. The number of benzene rings is 2. The molecule has 0 aliphatic carbocycles. The van der Waals surface area contributed by atoms with Crippen molar-refractivity contribution >= 4 is 28.4 Å². The fraction of sp³-hybridized carbons (Fsp3) is 0.280. The summed E-state index contributed by atoms with van der Waals surface area (Å²) in [6.45, 7) is 3.38. The van der Waals surface area contributed by atoms with E-state index in [-0.39, 0.29) is 11.9 Å². The van der Waals surface area contributed by atoms with E-state index in [0.717, 1.165) is 47.6 Å². The molecule has 0 saturated carbocycles. The van der Waals surface area contributed by atoms with Crippen LogP contribution in [0, 0.1) is 0 Å². The van der Waals surface area contributed by atoms with E-state index in [1.165, 1.54) is 0 Å². The standard InChI is InChI=1S/C25H26N6O2/c1-2-23(32)30-14-6-7-19(16-30)31-25-22(15-28-31)24(26-17-27-25)29-18-10-12-21(13-11-18)33-20-8-4-3-5-9-20/h3-5,8-13,15,17,19H,2,6-7,14,16H2,1H3,(H,26,27,29)/t19-/m1/s1. The second-order valence-corrected chi connectivity index (χ2v) is 8.10. The fourth-order valence-corrected chi connectivity index (χ4v) is 4.20. The van der Waals surface area contributed by atoms with E-state index in [2.05, 4.69) is 20.4 Å². The summed E-state index contributed by atoms with van der Waals surface area (Å²) in [5, 5.41) is 8.83. The third-order valence-corrected chi connectivity index (χ3v) is 5.88. The van der Waals surface area contributed by atoms with E-state index >= 15 is 0 Å². The van der Waals surface area contributed by atoms with Gasteiger partial charge in [-0.2, -0.15) is 5.10 Å². The molecule has 1 N–H and O–H groups in total. The number of ether oxygens (including phenoxy) is 1. The van der Waals surface area contributed by atoms with Gasteiger partial charge in [-0.15, -0.1) is 0 Å². The van der Waals surface area contributed by atoms with Crippen LogP contribution in [0.2, 0.25) is 0 Å². The first-order valence-electron chi connectivity index (χ1n) is 11.3. The van der Waals surface area contributed by atoms with Crippen LogP contribution >= 0.6 is 0 Å². The minimum Gasteiger partial charge on any atom is -0.457 e. The summed E-state index contributed by atoms with van der Waals surface area (Å²) in [4.78, 5) is 23.0. The van der Waals surface area contributed by atoms with Crippen LogP contribution in [-0.4, -0.2) is 43.6 Å². The van der Waals surface area contributed by atoms with Gasteiger partial charge in [0.05, 0.1) is 17.6 Å². The first-order valence-corrected chi connectivity index (χ1v) is 11.3. The summed E-state index contributed by atoms with van der Waals surface area (Å²) in [7, 11) is 0. The Morgan fingerprint density at radius 2 is 1.88 bits per heavy atom. The predicted molar refractivity (Wildman–Crippen MR) is 127 cm³/mol. The summed E-state index contributed by atoms with van der Waals surface area (Å²) < 4.78 is 7.80. The molecule has 0 bridgehead atoms. The maximum absolute atomic E-state index is 12.2. The predicted octanol–water partition coefficient (Wildman–Crippen LogP) is 4.94. The summed E-state index contributed by atoms with van der Waals surface area (Å²) in [6, 6.07) is 17.5. The van der Waals surface area contributed by atoms with Gasteiger partial charge in [0.1, 0.15) is 23.6 Å². The van der Waals surface area contributed by atoms with E-state index in [9.17, 15) is 4.79 Å². The molecule has 1 saturated heterocycles. The molecule has 168 valence electrons. The van der Waals surface area contributed by atoms with Crippen LogP contribution in [0.5, 0.6) is 11.5 Å². The molecule has 1 aliphatic rings. The number of para-hydroxylation sites is 1. The third kappa shape index (κ3) is 4.50. The van der Waals surface area contributed by atoms with E-state index in [0.29, 0.717) is 18.8 Å². The highest BCUT2D eigenvalue weighted by Gasteiger charge is 2.26. The molecule has 3 heterocycles. The number of nitrogens with one attached hydrogen (secondary N) is 1. The van der Waals surface area contributed by atoms with Crippen LogP contribution in [0.3, 0.4) is 0 Å².